The number of amides is 2. The first-order valence-electron chi connectivity index (χ1n) is 9.43. The van der Waals surface area contributed by atoms with Crippen molar-refractivity contribution < 1.29 is 14.0 Å². The lowest BCUT2D eigenvalue weighted by atomic mass is 10.1. The molecule has 0 saturated carbocycles. The van der Waals surface area contributed by atoms with Gasteiger partial charge in [0, 0.05) is 23.4 Å². The number of hydrogen-bond donors (Lipinski definition) is 1. The fraction of sp³-hybridized carbons (Fsp3) is 0.364. The number of carbonyl (C=O) groups is 2. The van der Waals surface area contributed by atoms with E-state index in [1.54, 1.807) is 30.0 Å². The zero-order chi connectivity index (χ0) is 21.4. The van der Waals surface area contributed by atoms with Crippen LogP contribution in [0.5, 0.6) is 0 Å². The van der Waals surface area contributed by atoms with Gasteiger partial charge in [-0.05, 0) is 50.1 Å². The smallest absolute Gasteiger partial charge is 0.242 e. The molecule has 0 fully saturated rings. The summed E-state index contributed by atoms with van der Waals surface area (Å²) in [6, 6.07) is 12.8. The van der Waals surface area contributed by atoms with Crippen molar-refractivity contribution in [2.75, 3.05) is 5.75 Å². The fourth-order valence-electron chi connectivity index (χ4n) is 2.72. The van der Waals surface area contributed by atoms with Gasteiger partial charge in [0.15, 0.2) is 0 Å². The molecule has 0 heterocycles. The molecule has 0 aliphatic carbocycles. The molecule has 7 heteroatoms. The van der Waals surface area contributed by atoms with E-state index in [9.17, 15) is 14.0 Å². The van der Waals surface area contributed by atoms with Gasteiger partial charge in [-0.25, -0.2) is 4.39 Å². The summed E-state index contributed by atoms with van der Waals surface area (Å²) < 4.78 is 13.0. The summed E-state index contributed by atoms with van der Waals surface area (Å²) in [5, 5.41) is 3.41. The van der Waals surface area contributed by atoms with E-state index in [2.05, 4.69) is 5.32 Å². The lowest BCUT2D eigenvalue weighted by Crippen LogP contribution is -2.49. The highest BCUT2D eigenvalue weighted by Crippen LogP contribution is 2.20. The summed E-state index contributed by atoms with van der Waals surface area (Å²) in [7, 11) is 0. The second-order valence-corrected chi connectivity index (χ2v) is 8.46. The molecule has 2 amide bonds. The van der Waals surface area contributed by atoms with E-state index in [-0.39, 0.29) is 36.0 Å². The molecule has 0 radical (unpaired) electrons. The average molecular weight is 437 g/mol. The third-order valence-corrected chi connectivity index (χ3v) is 5.66. The lowest BCUT2D eigenvalue weighted by Gasteiger charge is -2.29. The van der Waals surface area contributed by atoms with Crippen molar-refractivity contribution >= 4 is 35.2 Å². The molecular weight excluding hydrogens is 411 g/mol. The van der Waals surface area contributed by atoms with Crippen molar-refractivity contribution in [3.8, 4) is 0 Å². The van der Waals surface area contributed by atoms with Crippen LogP contribution < -0.4 is 5.32 Å². The van der Waals surface area contributed by atoms with Gasteiger partial charge in [-0.1, -0.05) is 41.9 Å². The topological polar surface area (TPSA) is 49.4 Å². The van der Waals surface area contributed by atoms with E-state index in [4.69, 9.17) is 11.6 Å². The summed E-state index contributed by atoms with van der Waals surface area (Å²) >= 11 is 7.69. The Morgan fingerprint density at radius 3 is 2.38 bits per heavy atom. The molecule has 1 atom stereocenters. The highest BCUT2D eigenvalue weighted by atomic mass is 35.5. The van der Waals surface area contributed by atoms with E-state index in [1.165, 1.54) is 23.9 Å². The van der Waals surface area contributed by atoms with Crippen molar-refractivity contribution in [2.45, 2.75) is 45.2 Å². The Kier molecular flexibility index (Phi) is 8.99. The first kappa shape index (κ1) is 23.2. The van der Waals surface area contributed by atoms with Crippen LogP contribution in [0.2, 0.25) is 5.02 Å². The molecule has 0 aromatic heterocycles. The number of thioether (sulfide) groups is 1. The number of benzene rings is 2. The van der Waals surface area contributed by atoms with Crippen LogP contribution in [0.3, 0.4) is 0 Å². The second-order valence-electron chi connectivity index (χ2n) is 7.07. The zero-order valence-corrected chi connectivity index (χ0v) is 18.4. The standard InChI is InChI=1S/C22H26ClFN2O2S/c1-15(2)25-22(28)16(3)26(12-18-6-4-5-7-20(18)23)21(27)14-29-13-17-8-10-19(24)11-9-17/h4-11,15-16H,12-14H2,1-3H3,(H,25,28)/t16-/m1/s1. The summed E-state index contributed by atoms with van der Waals surface area (Å²) in [6.45, 7) is 5.73. The fourth-order valence-corrected chi connectivity index (χ4v) is 3.78. The van der Waals surface area contributed by atoms with Gasteiger partial charge >= 0.3 is 0 Å². The highest BCUT2D eigenvalue weighted by Gasteiger charge is 2.26. The summed E-state index contributed by atoms with van der Waals surface area (Å²) in [5.74, 6) is 0.151. The van der Waals surface area contributed by atoms with Gasteiger partial charge in [-0.3, -0.25) is 9.59 Å². The number of nitrogens with zero attached hydrogens (tertiary/aromatic N) is 1. The van der Waals surface area contributed by atoms with Crippen molar-refractivity contribution in [1.82, 2.24) is 10.2 Å². The minimum atomic E-state index is -0.632. The summed E-state index contributed by atoms with van der Waals surface area (Å²) in [5.41, 5.74) is 1.72. The molecule has 2 rings (SSSR count). The van der Waals surface area contributed by atoms with Crippen molar-refractivity contribution in [2.24, 2.45) is 0 Å². The molecular formula is C22H26ClFN2O2S. The molecule has 0 aliphatic rings. The Morgan fingerprint density at radius 2 is 1.76 bits per heavy atom. The molecule has 0 bridgehead atoms. The minimum absolute atomic E-state index is 0.0185. The average Bonchev–Trinajstić information content (AvgIpc) is 2.67. The molecule has 1 N–H and O–H groups in total. The maximum atomic E-state index is 13.0. The third kappa shape index (κ3) is 7.37. The summed E-state index contributed by atoms with van der Waals surface area (Å²) in [4.78, 5) is 27.0. The van der Waals surface area contributed by atoms with Gasteiger partial charge in [-0.2, -0.15) is 0 Å². The van der Waals surface area contributed by atoms with E-state index in [0.717, 1.165) is 11.1 Å². The Labute approximate surface area is 180 Å². The Hall–Kier alpha value is -2.05. The largest absolute Gasteiger partial charge is 0.352 e. The number of halogens is 2. The van der Waals surface area contributed by atoms with Crippen LogP contribution in [0.1, 0.15) is 31.9 Å². The molecule has 2 aromatic carbocycles. The predicted molar refractivity (Wildman–Crippen MR) is 117 cm³/mol. The van der Waals surface area contributed by atoms with E-state index < -0.39 is 6.04 Å². The predicted octanol–water partition coefficient (Wildman–Crippen LogP) is 4.65. The monoisotopic (exact) mass is 436 g/mol. The number of carbonyl (C=O) groups excluding carboxylic acids is 2. The second kappa shape index (κ2) is 11.2. The first-order valence-corrected chi connectivity index (χ1v) is 11.0. The molecule has 29 heavy (non-hydrogen) atoms. The van der Waals surface area contributed by atoms with Gasteiger partial charge in [0.05, 0.1) is 5.75 Å². The maximum Gasteiger partial charge on any atom is 0.242 e. The normalized spacial score (nSPS) is 11.9. The van der Waals surface area contributed by atoms with Gasteiger partial charge in [-0.15, -0.1) is 11.8 Å². The Morgan fingerprint density at radius 1 is 1.10 bits per heavy atom. The molecule has 156 valence electrons. The van der Waals surface area contributed by atoms with Gasteiger partial charge in [0.2, 0.25) is 11.8 Å². The van der Waals surface area contributed by atoms with Crippen LogP contribution in [0.4, 0.5) is 4.39 Å². The van der Waals surface area contributed by atoms with Crippen molar-refractivity contribution in [3.63, 3.8) is 0 Å². The van der Waals surface area contributed by atoms with Crippen LogP contribution in [0, 0.1) is 5.82 Å². The van der Waals surface area contributed by atoms with Crippen LogP contribution in [0.25, 0.3) is 0 Å². The molecule has 2 aromatic rings. The van der Waals surface area contributed by atoms with E-state index in [1.807, 2.05) is 32.0 Å². The Bertz CT molecular complexity index is 830. The minimum Gasteiger partial charge on any atom is -0.352 e. The van der Waals surface area contributed by atoms with E-state index in [0.29, 0.717) is 10.8 Å². The van der Waals surface area contributed by atoms with Crippen molar-refractivity contribution in [1.29, 1.82) is 0 Å². The quantitative estimate of drug-likeness (QED) is 0.622. The first-order chi connectivity index (χ1) is 13.8. The Balaban J connectivity index is 2.07. The number of nitrogens with one attached hydrogen (secondary N) is 1. The molecule has 0 spiro atoms. The van der Waals surface area contributed by atoms with Gasteiger partial charge in [0.1, 0.15) is 11.9 Å². The van der Waals surface area contributed by atoms with Gasteiger partial charge < -0.3 is 10.2 Å². The van der Waals surface area contributed by atoms with Crippen molar-refractivity contribution in [3.05, 3.63) is 70.5 Å². The maximum absolute atomic E-state index is 13.0. The van der Waals surface area contributed by atoms with Crippen LogP contribution in [-0.2, 0) is 21.9 Å². The third-order valence-electron chi connectivity index (χ3n) is 4.30. The lowest BCUT2D eigenvalue weighted by molar-refractivity contribution is -0.138. The van der Waals surface area contributed by atoms with E-state index >= 15 is 0 Å². The van der Waals surface area contributed by atoms with Crippen LogP contribution in [0.15, 0.2) is 48.5 Å². The molecule has 4 nitrogen and oxygen atoms in total. The van der Waals surface area contributed by atoms with Crippen LogP contribution in [-0.4, -0.2) is 34.6 Å². The number of rotatable bonds is 9. The molecule has 0 aliphatic heterocycles. The zero-order valence-electron chi connectivity index (χ0n) is 16.8. The van der Waals surface area contributed by atoms with Gasteiger partial charge in [0.25, 0.3) is 0 Å². The number of hydrogen-bond acceptors (Lipinski definition) is 3. The summed E-state index contributed by atoms with van der Waals surface area (Å²) in [6.07, 6.45) is 0. The highest BCUT2D eigenvalue weighted by molar-refractivity contribution is 7.99. The molecule has 0 saturated heterocycles. The van der Waals surface area contributed by atoms with Crippen LogP contribution >= 0.6 is 23.4 Å². The SMILES string of the molecule is CC(C)NC(=O)[C@@H](C)N(Cc1ccccc1Cl)C(=O)CSCc1ccc(F)cc1. The molecule has 0 unspecified atom stereocenters.